The lowest BCUT2D eigenvalue weighted by Crippen LogP contribution is -2.27. The Kier molecular flexibility index (Phi) is 4.59. The highest BCUT2D eigenvalue weighted by atomic mass is 35.5. The SMILES string of the molecule is Nc1cc(Cl)cc(S(=O)(=O)NCCc2cscn2)c1F. The number of anilines is 1. The Hall–Kier alpha value is -1.22. The molecule has 2 aromatic rings. The summed E-state index contributed by atoms with van der Waals surface area (Å²) in [5.41, 5.74) is 7.48. The van der Waals surface area contributed by atoms with Crippen molar-refractivity contribution in [2.45, 2.75) is 11.3 Å². The predicted molar refractivity (Wildman–Crippen MR) is 76.8 cm³/mol. The molecule has 9 heteroatoms. The average molecular weight is 336 g/mol. The maximum atomic E-state index is 13.8. The molecule has 0 radical (unpaired) electrons. The van der Waals surface area contributed by atoms with E-state index >= 15 is 0 Å². The zero-order chi connectivity index (χ0) is 14.8. The van der Waals surface area contributed by atoms with Gasteiger partial charge in [0.1, 0.15) is 4.90 Å². The summed E-state index contributed by atoms with van der Waals surface area (Å²) in [4.78, 5) is 3.47. The zero-order valence-electron chi connectivity index (χ0n) is 10.1. The molecular weight excluding hydrogens is 325 g/mol. The molecule has 20 heavy (non-hydrogen) atoms. The van der Waals surface area contributed by atoms with Gasteiger partial charge in [0.25, 0.3) is 0 Å². The Morgan fingerprint density at radius 3 is 2.85 bits per heavy atom. The van der Waals surface area contributed by atoms with Crippen LogP contribution >= 0.6 is 22.9 Å². The fourth-order valence-electron chi connectivity index (χ4n) is 1.53. The largest absolute Gasteiger partial charge is 0.396 e. The van der Waals surface area contributed by atoms with Gasteiger partial charge in [0.15, 0.2) is 5.82 Å². The minimum absolute atomic E-state index is 0.0591. The summed E-state index contributed by atoms with van der Waals surface area (Å²) in [6.07, 6.45) is 0.417. The van der Waals surface area contributed by atoms with Crippen molar-refractivity contribution in [3.05, 3.63) is 39.6 Å². The van der Waals surface area contributed by atoms with Crippen LogP contribution < -0.4 is 10.5 Å². The lowest BCUT2D eigenvalue weighted by atomic mass is 10.3. The molecule has 1 aromatic carbocycles. The maximum Gasteiger partial charge on any atom is 0.243 e. The highest BCUT2D eigenvalue weighted by molar-refractivity contribution is 7.89. The van der Waals surface area contributed by atoms with Crippen LogP contribution in [0.2, 0.25) is 5.02 Å². The highest BCUT2D eigenvalue weighted by Gasteiger charge is 2.21. The number of aromatic nitrogens is 1. The fourth-order valence-corrected chi connectivity index (χ4v) is 3.58. The van der Waals surface area contributed by atoms with Crippen LogP contribution in [0.5, 0.6) is 0 Å². The fraction of sp³-hybridized carbons (Fsp3) is 0.182. The second kappa shape index (κ2) is 6.04. The normalized spacial score (nSPS) is 11.7. The van der Waals surface area contributed by atoms with Gasteiger partial charge in [-0.2, -0.15) is 0 Å². The lowest BCUT2D eigenvalue weighted by Gasteiger charge is -2.09. The van der Waals surface area contributed by atoms with E-state index in [1.54, 1.807) is 5.51 Å². The molecule has 0 saturated carbocycles. The summed E-state index contributed by atoms with van der Waals surface area (Å²) in [7, 11) is -4.00. The van der Waals surface area contributed by atoms with E-state index in [-0.39, 0.29) is 17.3 Å². The summed E-state index contributed by atoms with van der Waals surface area (Å²) < 4.78 is 40.1. The van der Waals surface area contributed by atoms with Crippen LogP contribution in [0.25, 0.3) is 0 Å². The van der Waals surface area contributed by atoms with Crippen molar-refractivity contribution in [3.63, 3.8) is 0 Å². The molecule has 1 aromatic heterocycles. The number of thiazole rings is 1. The first-order chi connectivity index (χ1) is 9.40. The van der Waals surface area contributed by atoms with E-state index in [0.29, 0.717) is 6.42 Å². The van der Waals surface area contributed by atoms with Gasteiger partial charge in [-0.3, -0.25) is 0 Å². The van der Waals surface area contributed by atoms with Crippen LogP contribution in [0, 0.1) is 5.82 Å². The molecule has 0 saturated heterocycles. The molecule has 0 aliphatic carbocycles. The molecule has 0 bridgehead atoms. The highest BCUT2D eigenvalue weighted by Crippen LogP contribution is 2.25. The smallest absolute Gasteiger partial charge is 0.243 e. The third kappa shape index (κ3) is 3.45. The third-order valence-electron chi connectivity index (χ3n) is 2.48. The molecule has 0 atom stereocenters. The van der Waals surface area contributed by atoms with E-state index in [2.05, 4.69) is 9.71 Å². The number of halogens is 2. The molecule has 2 rings (SSSR count). The summed E-state index contributed by atoms with van der Waals surface area (Å²) in [5.74, 6) is -1.00. The molecule has 0 aliphatic rings. The molecular formula is C11H11ClFN3O2S2. The molecule has 0 amide bonds. The van der Waals surface area contributed by atoms with Gasteiger partial charge in [0.2, 0.25) is 10.0 Å². The molecule has 1 heterocycles. The number of hydrogen-bond donors (Lipinski definition) is 2. The van der Waals surface area contributed by atoms with Crippen LogP contribution in [0.3, 0.4) is 0 Å². The Bertz CT molecular complexity index is 705. The number of nitrogens with one attached hydrogen (secondary N) is 1. The predicted octanol–water partition coefficient (Wildman–Crippen LogP) is 2.04. The van der Waals surface area contributed by atoms with E-state index in [0.717, 1.165) is 17.8 Å². The molecule has 0 fully saturated rings. The number of hydrogen-bond acceptors (Lipinski definition) is 5. The molecule has 5 nitrogen and oxygen atoms in total. The molecule has 108 valence electrons. The Morgan fingerprint density at radius 2 is 2.20 bits per heavy atom. The lowest BCUT2D eigenvalue weighted by molar-refractivity contribution is 0.559. The number of rotatable bonds is 5. The van der Waals surface area contributed by atoms with Gasteiger partial charge in [-0.25, -0.2) is 22.5 Å². The van der Waals surface area contributed by atoms with E-state index in [1.807, 2.05) is 5.38 Å². The standard InChI is InChI=1S/C11H11ClFN3O2S2/c12-7-3-9(14)11(13)10(4-7)20(17,18)16-2-1-8-5-19-6-15-8/h3-6,16H,1-2,14H2. The summed E-state index contributed by atoms with van der Waals surface area (Å²) in [6, 6.07) is 2.18. The minimum Gasteiger partial charge on any atom is -0.396 e. The van der Waals surface area contributed by atoms with E-state index < -0.39 is 20.7 Å². The zero-order valence-corrected chi connectivity index (χ0v) is 12.5. The number of sulfonamides is 1. The van der Waals surface area contributed by atoms with E-state index in [4.69, 9.17) is 17.3 Å². The van der Waals surface area contributed by atoms with Crippen molar-refractivity contribution in [1.82, 2.24) is 9.71 Å². The van der Waals surface area contributed by atoms with Crippen molar-refractivity contribution in [1.29, 1.82) is 0 Å². The van der Waals surface area contributed by atoms with Crippen molar-refractivity contribution in [2.75, 3.05) is 12.3 Å². The second-order valence-electron chi connectivity index (χ2n) is 3.93. The van der Waals surface area contributed by atoms with Gasteiger partial charge >= 0.3 is 0 Å². The maximum absolute atomic E-state index is 13.8. The van der Waals surface area contributed by atoms with Crippen molar-refractivity contribution in [2.24, 2.45) is 0 Å². The van der Waals surface area contributed by atoms with Crippen LogP contribution in [0.1, 0.15) is 5.69 Å². The van der Waals surface area contributed by atoms with Crippen LogP contribution in [0.4, 0.5) is 10.1 Å². The Labute approximate surface area is 124 Å². The number of nitrogen functional groups attached to an aromatic ring is 1. The Balaban J connectivity index is 2.14. The summed E-state index contributed by atoms with van der Waals surface area (Å²) >= 11 is 7.11. The summed E-state index contributed by atoms with van der Waals surface area (Å²) in [5, 5.41) is 1.87. The summed E-state index contributed by atoms with van der Waals surface area (Å²) in [6.45, 7) is 0.109. The van der Waals surface area contributed by atoms with Crippen molar-refractivity contribution < 1.29 is 12.8 Å². The minimum atomic E-state index is -4.00. The first-order valence-corrected chi connectivity index (χ1v) is 8.32. The second-order valence-corrected chi connectivity index (χ2v) is 6.83. The van der Waals surface area contributed by atoms with Gasteiger partial charge in [-0.15, -0.1) is 11.3 Å². The number of nitrogens with zero attached hydrogens (tertiary/aromatic N) is 1. The van der Waals surface area contributed by atoms with E-state index in [1.165, 1.54) is 11.3 Å². The number of nitrogens with two attached hydrogens (primary N) is 1. The van der Waals surface area contributed by atoms with Gasteiger partial charge in [-0.1, -0.05) is 11.6 Å². The topological polar surface area (TPSA) is 85.1 Å². The molecule has 0 unspecified atom stereocenters. The van der Waals surface area contributed by atoms with Gasteiger partial charge < -0.3 is 5.73 Å². The van der Waals surface area contributed by atoms with Crippen LogP contribution in [0.15, 0.2) is 27.9 Å². The van der Waals surface area contributed by atoms with Crippen molar-refractivity contribution in [3.8, 4) is 0 Å². The number of benzene rings is 1. The quantitative estimate of drug-likeness (QED) is 0.819. The van der Waals surface area contributed by atoms with Crippen LogP contribution in [-0.2, 0) is 16.4 Å². The molecule has 0 spiro atoms. The van der Waals surface area contributed by atoms with Gasteiger partial charge in [0, 0.05) is 23.4 Å². The van der Waals surface area contributed by atoms with Crippen molar-refractivity contribution >= 4 is 38.6 Å². The monoisotopic (exact) mass is 335 g/mol. The van der Waals surface area contributed by atoms with E-state index in [9.17, 15) is 12.8 Å². The van der Waals surface area contributed by atoms with Crippen LogP contribution in [-0.4, -0.2) is 19.9 Å². The molecule has 0 aliphatic heterocycles. The first kappa shape index (κ1) is 15.2. The third-order valence-corrected chi connectivity index (χ3v) is 4.79. The first-order valence-electron chi connectivity index (χ1n) is 5.51. The average Bonchev–Trinajstić information content (AvgIpc) is 2.86. The molecule has 3 N–H and O–H groups in total. The van der Waals surface area contributed by atoms with Gasteiger partial charge in [0.05, 0.1) is 16.9 Å². The van der Waals surface area contributed by atoms with Gasteiger partial charge in [-0.05, 0) is 12.1 Å². The Morgan fingerprint density at radius 1 is 1.45 bits per heavy atom.